The summed E-state index contributed by atoms with van der Waals surface area (Å²) in [6.07, 6.45) is 0. The van der Waals surface area contributed by atoms with Gasteiger partial charge >= 0.3 is 0 Å². The third-order valence-electron chi connectivity index (χ3n) is 3.86. The van der Waals surface area contributed by atoms with Gasteiger partial charge in [-0.1, -0.05) is 72.5 Å². The number of benzene rings is 3. The second kappa shape index (κ2) is 7.04. The second-order valence-electron chi connectivity index (χ2n) is 5.42. The summed E-state index contributed by atoms with van der Waals surface area (Å²) in [5.41, 5.74) is 0.917. The topological polar surface area (TPSA) is 29.5 Å². The minimum absolute atomic E-state index is 0.706. The van der Waals surface area contributed by atoms with Gasteiger partial charge in [-0.15, -0.1) is 0 Å². The predicted octanol–water partition coefficient (Wildman–Crippen LogP) is 3.98. The van der Waals surface area contributed by atoms with Crippen LogP contribution < -0.4 is 4.74 Å². The lowest BCUT2D eigenvalue weighted by atomic mass is 9.86. The van der Waals surface area contributed by atoms with E-state index >= 15 is 0 Å². The van der Waals surface area contributed by atoms with Crippen LogP contribution in [-0.2, 0) is 5.60 Å². The van der Waals surface area contributed by atoms with E-state index in [0.29, 0.717) is 5.56 Å². The van der Waals surface area contributed by atoms with Gasteiger partial charge in [-0.05, 0) is 24.3 Å². The zero-order chi connectivity index (χ0) is 16.8. The highest BCUT2D eigenvalue weighted by molar-refractivity contribution is 5.48. The number of methoxy groups -OCH3 is 1. The van der Waals surface area contributed by atoms with E-state index in [-0.39, 0.29) is 0 Å². The molecule has 24 heavy (non-hydrogen) atoms. The van der Waals surface area contributed by atoms with Crippen molar-refractivity contribution in [3.63, 3.8) is 0 Å². The van der Waals surface area contributed by atoms with Crippen molar-refractivity contribution >= 4 is 0 Å². The van der Waals surface area contributed by atoms with Gasteiger partial charge in [0.05, 0.1) is 7.11 Å². The van der Waals surface area contributed by atoms with E-state index in [1.165, 1.54) is 0 Å². The maximum Gasteiger partial charge on any atom is 0.177 e. The van der Waals surface area contributed by atoms with Gasteiger partial charge in [0.15, 0.2) is 5.60 Å². The molecule has 0 aliphatic carbocycles. The molecule has 2 heteroatoms. The lowest BCUT2D eigenvalue weighted by Gasteiger charge is -2.23. The highest BCUT2D eigenvalue weighted by atomic mass is 16.5. The highest BCUT2D eigenvalue weighted by Gasteiger charge is 2.29. The van der Waals surface area contributed by atoms with Crippen LogP contribution in [0, 0.1) is 11.8 Å². The molecule has 3 aromatic rings. The summed E-state index contributed by atoms with van der Waals surface area (Å²) in [6.45, 7) is 0. The molecule has 0 saturated carbocycles. The van der Waals surface area contributed by atoms with Crippen LogP contribution in [0.25, 0.3) is 0 Å². The van der Waals surface area contributed by atoms with E-state index in [2.05, 4.69) is 11.8 Å². The van der Waals surface area contributed by atoms with Crippen LogP contribution in [0.2, 0.25) is 0 Å². The van der Waals surface area contributed by atoms with Gasteiger partial charge < -0.3 is 9.84 Å². The fourth-order valence-corrected chi connectivity index (χ4v) is 2.51. The largest absolute Gasteiger partial charge is 0.497 e. The monoisotopic (exact) mass is 314 g/mol. The molecule has 0 amide bonds. The number of rotatable bonds is 3. The van der Waals surface area contributed by atoms with Gasteiger partial charge in [-0.3, -0.25) is 0 Å². The standard InChI is InChI=1S/C22H18O2/c1-24-21-14-12-20(13-15-21)22(23,19-10-6-3-7-11-19)17-16-18-8-4-2-5-9-18/h2-15,23H,1H3/t22-/m0/s1. The minimum Gasteiger partial charge on any atom is -0.497 e. The SMILES string of the molecule is COc1ccc([C@](O)(C#Cc2ccccc2)c2ccccc2)cc1. The summed E-state index contributed by atoms with van der Waals surface area (Å²) in [7, 11) is 1.62. The number of ether oxygens (including phenoxy) is 1. The Kier molecular flexibility index (Phi) is 4.65. The average molecular weight is 314 g/mol. The molecule has 0 unspecified atom stereocenters. The van der Waals surface area contributed by atoms with Crippen LogP contribution in [0.4, 0.5) is 0 Å². The first-order valence-corrected chi connectivity index (χ1v) is 7.73. The number of aliphatic hydroxyl groups is 1. The molecular formula is C22H18O2. The van der Waals surface area contributed by atoms with Gasteiger partial charge in [-0.25, -0.2) is 0 Å². The normalized spacial score (nSPS) is 12.6. The van der Waals surface area contributed by atoms with Crippen molar-refractivity contribution in [2.45, 2.75) is 5.60 Å². The number of hydrogen-bond acceptors (Lipinski definition) is 2. The smallest absolute Gasteiger partial charge is 0.177 e. The maximum atomic E-state index is 11.4. The molecule has 1 atom stereocenters. The Hall–Kier alpha value is -3.02. The quantitative estimate of drug-likeness (QED) is 0.741. The maximum absolute atomic E-state index is 11.4. The van der Waals surface area contributed by atoms with Crippen molar-refractivity contribution < 1.29 is 9.84 Å². The number of hydrogen-bond donors (Lipinski definition) is 1. The highest BCUT2D eigenvalue weighted by Crippen LogP contribution is 2.30. The van der Waals surface area contributed by atoms with Gasteiger partial charge in [-0.2, -0.15) is 0 Å². The van der Waals surface area contributed by atoms with Gasteiger partial charge in [0.25, 0.3) is 0 Å². The first-order chi connectivity index (χ1) is 11.7. The molecule has 1 N–H and O–H groups in total. The van der Waals surface area contributed by atoms with E-state index in [1.807, 2.05) is 84.9 Å². The fourth-order valence-electron chi connectivity index (χ4n) is 2.51. The fraction of sp³-hybridized carbons (Fsp3) is 0.0909. The van der Waals surface area contributed by atoms with Crippen molar-refractivity contribution in [1.82, 2.24) is 0 Å². The third-order valence-corrected chi connectivity index (χ3v) is 3.86. The zero-order valence-corrected chi connectivity index (χ0v) is 13.4. The average Bonchev–Trinajstić information content (AvgIpc) is 2.68. The summed E-state index contributed by atoms with van der Waals surface area (Å²) < 4.78 is 5.20. The van der Waals surface area contributed by atoms with Crippen LogP contribution in [0.5, 0.6) is 5.75 Å². The third kappa shape index (κ3) is 3.32. The molecule has 3 aromatic carbocycles. The van der Waals surface area contributed by atoms with E-state index in [1.54, 1.807) is 7.11 Å². The Morgan fingerprint density at radius 2 is 1.29 bits per heavy atom. The van der Waals surface area contributed by atoms with E-state index in [4.69, 9.17) is 4.74 Å². The van der Waals surface area contributed by atoms with Crippen LogP contribution in [0.1, 0.15) is 16.7 Å². The molecule has 118 valence electrons. The summed E-state index contributed by atoms with van der Waals surface area (Å²) in [5, 5.41) is 11.4. The van der Waals surface area contributed by atoms with Gasteiger partial charge in [0, 0.05) is 16.7 Å². The van der Waals surface area contributed by atoms with Crippen molar-refractivity contribution in [3.05, 3.63) is 102 Å². The Morgan fingerprint density at radius 1 is 0.750 bits per heavy atom. The lowest BCUT2D eigenvalue weighted by Crippen LogP contribution is -2.25. The summed E-state index contributed by atoms with van der Waals surface area (Å²) in [4.78, 5) is 0. The molecule has 0 fully saturated rings. The van der Waals surface area contributed by atoms with Crippen LogP contribution in [-0.4, -0.2) is 12.2 Å². The first kappa shape index (κ1) is 15.9. The van der Waals surface area contributed by atoms with Crippen molar-refractivity contribution in [2.24, 2.45) is 0 Å². The molecule has 0 aliphatic rings. The van der Waals surface area contributed by atoms with Gasteiger partial charge in [0.1, 0.15) is 5.75 Å². The molecule has 0 heterocycles. The van der Waals surface area contributed by atoms with Crippen molar-refractivity contribution in [2.75, 3.05) is 7.11 Å². The Morgan fingerprint density at radius 3 is 1.88 bits per heavy atom. The molecule has 0 aliphatic heterocycles. The Bertz CT molecular complexity index is 843. The van der Waals surface area contributed by atoms with Crippen LogP contribution in [0.15, 0.2) is 84.9 Å². The van der Waals surface area contributed by atoms with Crippen LogP contribution >= 0.6 is 0 Å². The van der Waals surface area contributed by atoms with E-state index in [0.717, 1.165) is 16.9 Å². The summed E-state index contributed by atoms with van der Waals surface area (Å²) in [6, 6.07) is 26.4. The van der Waals surface area contributed by atoms with Crippen LogP contribution in [0.3, 0.4) is 0 Å². The second-order valence-corrected chi connectivity index (χ2v) is 5.42. The van der Waals surface area contributed by atoms with E-state index < -0.39 is 5.60 Å². The van der Waals surface area contributed by atoms with Gasteiger partial charge in [0.2, 0.25) is 0 Å². The molecular weight excluding hydrogens is 296 g/mol. The first-order valence-electron chi connectivity index (χ1n) is 7.73. The molecule has 0 bridgehead atoms. The molecule has 0 radical (unpaired) electrons. The minimum atomic E-state index is -1.39. The Labute approximate surface area is 142 Å². The molecule has 0 aromatic heterocycles. The summed E-state index contributed by atoms with van der Waals surface area (Å²) >= 11 is 0. The van der Waals surface area contributed by atoms with E-state index in [9.17, 15) is 5.11 Å². The molecule has 2 nitrogen and oxygen atoms in total. The lowest BCUT2D eigenvalue weighted by molar-refractivity contribution is 0.145. The predicted molar refractivity (Wildman–Crippen MR) is 95.8 cm³/mol. The van der Waals surface area contributed by atoms with Crippen molar-refractivity contribution in [1.29, 1.82) is 0 Å². The zero-order valence-electron chi connectivity index (χ0n) is 13.4. The molecule has 0 spiro atoms. The Balaban J connectivity index is 2.09. The van der Waals surface area contributed by atoms with Crippen molar-refractivity contribution in [3.8, 4) is 17.6 Å². The molecule has 3 rings (SSSR count). The molecule has 0 saturated heterocycles. The summed E-state index contributed by atoms with van der Waals surface area (Å²) in [5.74, 6) is 6.87.